The van der Waals surface area contributed by atoms with Crippen LogP contribution in [0, 0.1) is 5.82 Å². The zero-order valence-electron chi connectivity index (χ0n) is 28.0. The average molecular weight is 695 g/mol. The van der Waals surface area contributed by atoms with E-state index < -0.39 is 11.4 Å². The predicted octanol–water partition coefficient (Wildman–Crippen LogP) is 4.36. The quantitative estimate of drug-likeness (QED) is 0.368. The molecule has 49 heavy (non-hydrogen) atoms. The molecule has 2 bridgehead atoms. The van der Waals surface area contributed by atoms with E-state index in [1.165, 1.54) is 13.2 Å². The Balaban J connectivity index is 0.928. The number of amides is 3. The number of hydrogen-bond acceptors (Lipinski definition) is 9. The van der Waals surface area contributed by atoms with Crippen molar-refractivity contribution in [3.63, 3.8) is 0 Å². The number of H-pyrrole nitrogens is 1. The third-order valence-electron chi connectivity index (χ3n) is 9.89. The topological polar surface area (TPSA) is 146 Å². The first-order chi connectivity index (χ1) is 23.3. The van der Waals surface area contributed by atoms with E-state index in [4.69, 9.17) is 21.1 Å². The van der Waals surface area contributed by atoms with Crippen LogP contribution in [0.3, 0.4) is 0 Å². The molecule has 3 atom stereocenters. The summed E-state index contributed by atoms with van der Waals surface area (Å²) >= 11 is 6.64. The summed E-state index contributed by atoms with van der Waals surface area (Å²) in [4.78, 5) is 53.6. The first-order valence-electron chi connectivity index (χ1n) is 16.6. The van der Waals surface area contributed by atoms with E-state index >= 15 is 0 Å². The number of hydrogen-bond donors (Lipinski definition) is 2. The summed E-state index contributed by atoms with van der Waals surface area (Å²) < 4.78 is 25.1. The van der Waals surface area contributed by atoms with Crippen molar-refractivity contribution in [2.45, 2.75) is 88.6 Å². The Morgan fingerprint density at radius 1 is 1.12 bits per heavy atom. The molecule has 3 amide bonds. The van der Waals surface area contributed by atoms with Gasteiger partial charge in [0.05, 0.1) is 54.1 Å². The fraction of sp³-hybridized carbons (Fsp3) is 0.529. The van der Waals surface area contributed by atoms with Crippen molar-refractivity contribution >= 4 is 35.2 Å². The number of piperidine rings is 1. The number of aromatic nitrogens is 4. The lowest BCUT2D eigenvalue weighted by Gasteiger charge is -2.40. The van der Waals surface area contributed by atoms with Crippen LogP contribution in [0.25, 0.3) is 11.3 Å². The van der Waals surface area contributed by atoms with Gasteiger partial charge in [-0.15, -0.1) is 0 Å². The van der Waals surface area contributed by atoms with Gasteiger partial charge in [-0.3, -0.25) is 19.7 Å². The molecule has 4 fully saturated rings. The molecule has 3 saturated heterocycles. The van der Waals surface area contributed by atoms with Crippen LogP contribution in [-0.4, -0.2) is 104 Å². The maximum absolute atomic E-state index is 14.5. The van der Waals surface area contributed by atoms with E-state index in [2.05, 4.69) is 30.4 Å². The van der Waals surface area contributed by atoms with E-state index in [1.54, 1.807) is 12.3 Å². The number of likely N-dealkylation sites (tertiary alicyclic amines) is 2. The highest BCUT2D eigenvalue weighted by atomic mass is 35.5. The SMILES string of the molecule is COc1cc(-c2cc(C(=O)N3CC[C@H](NC(=O)Cc4ncc(N5CC6CC5CN6C(=O)OC(C)(C)C)cc4Cl)CC34CC4)[nH]n2)c(F)cn1. The third kappa shape index (κ3) is 6.62. The van der Waals surface area contributed by atoms with Gasteiger partial charge in [0, 0.05) is 48.9 Å². The van der Waals surface area contributed by atoms with Crippen molar-refractivity contribution in [2.75, 3.05) is 31.6 Å². The normalized spacial score (nSPS) is 22.4. The van der Waals surface area contributed by atoms with Gasteiger partial charge >= 0.3 is 6.09 Å². The Labute approximate surface area is 288 Å². The molecule has 1 aliphatic carbocycles. The maximum Gasteiger partial charge on any atom is 0.410 e. The number of fused-ring (bicyclic) bond motifs is 2. The van der Waals surface area contributed by atoms with E-state index in [-0.39, 0.29) is 70.8 Å². The molecule has 0 aromatic carbocycles. The number of rotatable bonds is 7. The van der Waals surface area contributed by atoms with Gasteiger partial charge in [0.1, 0.15) is 11.3 Å². The maximum atomic E-state index is 14.5. The number of pyridine rings is 2. The Morgan fingerprint density at radius 2 is 1.92 bits per heavy atom. The second-order valence-corrected chi connectivity index (χ2v) is 14.8. The minimum absolute atomic E-state index is 0.0387. The minimum atomic E-state index is -0.569. The fourth-order valence-corrected chi connectivity index (χ4v) is 7.62. The number of nitrogens with zero attached hydrogens (tertiary/aromatic N) is 6. The molecule has 15 heteroatoms. The summed E-state index contributed by atoms with van der Waals surface area (Å²) in [6.07, 6.45) is 6.33. The molecule has 7 rings (SSSR count). The van der Waals surface area contributed by atoms with E-state index in [1.807, 2.05) is 36.6 Å². The smallest absolute Gasteiger partial charge is 0.410 e. The van der Waals surface area contributed by atoms with Crippen LogP contribution < -0.4 is 15.0 Å². The number of carbonyl (C=O) groups is 3. The van der Waals surface area contributed by atoms with Crippen molar-refractivity contribution in [1.29, 1.82) is 0 Å². The summed E-state index contributed by atoms with van der Waals surface area (Å²) in [5.74, 6) is -0.710. The Bertz CT molecular complexity index is 1790. The zero-order chi connectivity index (χ0) is 34.7. The summed E-state index contributed by atoms with van der Waals surface area (Å²) in [6.45, 7) is 7.31. The largest absolute Gasteiger partial charge is 0.481 e. The molecule has 4 aliphatic rings. The van der Waals surface area contributed by atoms with Crippen LogP contribution in [0.2, 0.25) is 5.02 Å². The van der Waals surface area contributed by atoms with Gasteiger partial charge in [-0.05, 0) is 65.0 Å². The highest BCUT2D eigenvalue weighted by molar-refractivity contribution is 6.31. The number of halogens is 2. The molecule has 1 spiro atoms. The third-order valence-corrected chi connectivity index (χ3v) is 10.2. The number of nitrogens with one attached hydrogen (secondary N) is 2. The molecule has 2 N–H and O–H groups in total. The molecule has 260 valence electrons. The first kappa shape index (κ1) is 33.1. The number of methoxy groups -OCH3 is 1. The Morgan fingerprint density at radius 3 is 2.59 bits per heavy atom. The minimum Gasteiger partial charge on any atom is -0.481 e. The first-order valence-corrected chi connectivity index (χ1v) is 17.0. The summed E-state index contributed by atoms with van der Waals surface area (Å²) in [7, 11) is 1.44. The number of ether oxygens (including phenoxy) is 2. The van der Waals surface area contributed by atoms with Gasteiger partial charge in [0.2, 0.25) is 11.8 Å². The summed E-state index contributed by atoms with van der Waals surface area (Å²) in [6, 6.07) is 4.95. The standard InChI is InChI=1S/C34H40ClFN8O5/c1-33(2,3)49-32(47)43-18-21-9-22(43)17-42(21)20-10-24(35)27(37-15-20)13-29(45)39-19-5-8-44(34(14-19)6-7-34)31(46)28-12-26(40-41-28)23-11-30(48-4)38-16-25(23)36/h10-12,15-16,19,21-22H,5-9,13-14,17-18H2,1-4H3,(H,39,45)(H,40,41)/t19-,21?,22?/m0/s1. The lowest BCUT2D eigenvalue weighted by Crippen LogP contribution is -2.53. The highest BCUT2D eigenvalue weighted by Gasteiger charge is 2.54. The molecule has 1 saturated carbocycles. The molecular formula is C34H40ClFN8O5. The number of carbonyl (C=O) groups excluding carboxylic acids is 3. The lowest BCUT2D eigenvalue weighted by molar-refractivity contribution is -0.121. The van der Waals surface area contributed by atoms with E-state index in [9.17, 15) is 18.8 Å². The summed E-state index contributed by atoms with van der Waals surface area (Å²) in [5.41, 5.74) is 1.22. The molecule has 13 nitrogen and oxygen atoms in total. The van der Waals surface area contributed by atoms with Crippen molar-refractivity contribution in [2.24, 2.45) is 0 Å². The van der Waals surface area contributed by atoms with Gasteiger partial charge in [0.25, 0.3) is 5.91 Å². The van der Waals surface area contributed by atoms with Crippen LogP contribution in [0.15, 0.2) is 30.6 Å². The van der Waals surface area contributed by atoms with Gasteiger partial charge in [-0.25, -0.2) is 14.2 Å². The van der Waals surface area contributed by atoms with Crippen LogP contribution in [0.4, 0.5) is 14.9 Å². The fourth-order valence-electron chi connectivity index (χ4n) is 7.40. The molecule has 3 aromatic rings. The van der Waals surface area contributed by atoms with Crippen LogP contribution in [0.5, 0.6) is 5.88 Å². The monoisotopic (exact) mass is 694 g/mol. The van der Waals surface area contributed by atoms with Crippen molar-refractivity contribution in [3.05, 3.63) is 52.8 Å². The molecule has 6 heterocycles. The van der Waals surface area contributed by atoms with Gasteiger partial charge in [-0.1, -0.05) is 11.6 Å². The molecule has 0 radical (unpaired) electrons. The van der Waals surface area contributed by atoms with Crippen LogP contribution in [0.1, 0.15) is 69.1 Å². The molecular weight excluding hydrogens is 655 g/mol. The average Bonchev–Trinajstić information content (AvgIpc) is 3.41. The van der Waals surface area contributed by atoms with Crippen LogP contribution in [-0.2, 0) is 16.0 Å². The van der Waals surface area contributed by atoms with E-state index in [0.29, 0.717) is 43.2 Å². The molecule has 3 aromatic heterocycles. The second kappa shape index (κ2) is 12.5. The molecule has 3 aliphatic heterocycles. The van der Waals surface area contributed by atoms with Crippen LogP contribution >= 0.6 is 11.6 Å². The van der Waals surface area contributed by atoms with Gasteiger partial charge in [0.15, 0.2) is 5.82 Å². The molecule has 2 unspecified atom stereocenters. The lowest BCUT2D eigenvalue weighted by atomic mass is 9.94. The Kier molecular flexibility index (Phi) is 8.40. The second-order valence-electron chi connectivity index (χ2n) is 14.4. The van der Waals surface area contributed by atoms with Crippen molar-refractivity contribution in [1.82, 2.24) is 35.3 Å². The summed E-state index contributed by atoms with van der Waals surface area (Å²) in [5, 5.41) is 10.5. The highest BCUT2D eigenvalue weighted by Crippen LogP contribution is 2.49. The van der Waals surface area contributed by atoms with Gasteiger partial charge in [-0.2, -0.15) is 5.10 Å². The van der Waals surface area contributed by atoms with Crippen molar-refractivity contribution < 1.29 is 28.2 Å². The number of anilines is 1. The van der Waals surface area contributed by atoms with E-state index in [0.717, 1.165) is 31.1 Å². The Hall–Kier alpha value is -4.46. The predicted molar refractivity (Wildman–Crippen MR) is 178 cm³/mol. The van der Waals surface area contributed by atoms with Crippen molar-refractivity contribution in [3.8, 4) is 17.1 Å². The van der Waals surface area contributed by atoms with Gasteiger partial charge < -0.3 is 29.5 Å². The number of piperazine rings is 1. The number of aromatic amines is 1. The zero-order valence-corrected chi connectivity index (χ0v) is 28.7.